The minimum absolute atomic E-state index is 0.00335. The average molecular weight is 395 g/mol. The van der Waals surface area contributed by atoms with E-state index in [1.165, 1.54) is 0 Å². The van der Waals surface area contributed by atoms with E-state index in [-0.39, 0.29) is 23.2 Å². The van der Waals surface area contributed by atoms with Crippen LogP contribution in [0.2, 0.25) is 0 Å². The number of carbonyl (C=O) groups is 2. The van der Waals surface area contributed by atoms with Crippen molar-refractivity contribution in [3.05, 3.63) is 35.9 Å². The van der Waals surface area contributed by atoms with Crippen LogP contribution >= 0.6 is 12.6 Å². The van der Waals surface area contributed by atoms with E-state index >= 15 is 0 Å². The van der Waals surface area contributed by atoms with Crippen molar-refractivity contribution in [3.63, 3.8) is 0 Å². The summed E-state index contributed by atoms with van der Waals surface area (Å²) in [5.74, 6) is -0.366. The molecule has 27 heavy (non-hydrogen) atoms. The summed E-state index contributed by atoms with van der Waals surface area (Å²) in [5.41, 5.74) is 6.55. The van der Waals surface area contributed by atoms with Crippen LogP contribution in [0.3, 0.4) is 0 Å². The molecule has 7 heteroatoms. The lowest BCUT2D eigenvalue weighted by molar-refractivity contribution is -0.130. The fraction of sp³-hybridized carbons (Fsp3) is 0.600. The number of amides is 2. The summed E-state index contributed by atoms with van der Waals surface area (Å²) in [6.45, 7) is 6.27. The number of thiol groups is 1. The number of hydrogen-bond acceptors (Lipinski definition) is 5. The first-order valence-electron chi connectivity index (χ1n) is 9.62. The van der Waals surface area contributed by atoms with Gasteiger partial charge in [-0.3, -0.25) is 14.9 Å². The molecule has 0 aliphatic heterocycles. The van der Waals surface area contributed by atoms with E-state index < -0.39 is 12.1 Å². The molecule has 1 aromatic carbocycles. The lowest BCUT2D eigenvalue weighted by Crippen LogP contribution is -2.55. The summed E-state index contributed by atoms with van der Waals surface area (Å²) in [5, 5.41) is 8.86. The van der Waals surface area contributed by atoms with E-state index in [0.29, 0.717) is 19.4 Å². The molecule has 0 spiro atoms. The van der Waals surface area contributed by atoms with Crippen LogP contribution in [0, 0.1) is 0 Å². The highest BCUT2D eigenvalue weighted by atomic mass is 32.1. The molecule has 2 amide bonds. The van der Waals surface area contributed by atoms with E-state index in [0.717, 1.165) is 18.4 Å². The van der Waals surface area contributed by atoms with Crippen molar-refractivity contribution in [1.29, 1.82) is 0 Å². The highest BCUT2D eigenvalue weighted by Gasteiger charge is 2.26. The van der Waals surface area contributed by atoms with Gasteiger partial charge in [-0.2, -0.15) is 12.6 Å². The van der Waals surface area contributed by atoms with Gasteiger partial charge in [0.1, 0.15) is 6.04 Å². The van der Waals surface area contributed by atoms with E-state index in [1.54, 1.807) is 0 Å². The maximum atomic E-state index is 12.8. The van der Waals surface area contributed by atoms with Gasteiger partial charge < -0.3 is 16.4 Å². The quantitative estimate of drug-likeness (QED) is 0.211. The first-order chi connectivity index (χ1) is 12.8. The SMILES string of the molecule is CC(C)NC(=O)C(Cc1ccccc1)NC(=O)C(CCCCN)NC(C)S. The Morgan fingerprint density at radius 2 is 1.63 bits per heavy atom. The Labute approximate surface area is 168 Å². The fourth-order valence-corrected chi connectivity index (χ4v) is 2.97. The van der Waals surface area contributed by atoms with Crippen LogP contribution in [-0.4, -0.2) is 41.9 Å². The van der Waals surface area contributed by atoms with Crippen molar-refractivity contribution >= 4 is 24.4 Å². The fourth-order valence-electron chi connectivity index (χ4n) is 2.79. The van der Waals surface area contributed by atoms with Gasteiger partial charge in [0.15, 0.2) is 0 Å². The second-order valence-corrected chi connectivity index (χ2v) is 7.87. The highest BCUT2D eigenvalue weighted by Crippen LogP contribution is 2.07. The molecule has 0 aromatic heterocycles. The zero-order valence-electron chi connectivity index (χ0n) is 16.6. The van der Waals surface area contributed by atoms with Gasteiger partial charge in [-0.1, -0.05) is 36.8 Å². The third-order valence-electron chi connectivity index (χ3n) is 4.05. The van der Waals surface area contributed by atoms with Crippen LogP contribution in [-0.2, 0) is 16.0 Å². The van der Waals surface area contributed by atoms with Crippen LogP contribution in [0.15, 0.2) is 30.3 Å². The second kappa shape index (κ2) is 12.8. The number of hydrogen-bond donors (Lipinski definition) is 5. The Morgan fingerprint density at radius 3 is 2.19 bits per heavy atom. The van der Waals surface area contributed by atoms with Crippen molar-refractivity contribution in [2.75, 3.05) is 6.54 Å². The van der Waals surface area contributed by atoms with Gasteiger partial charge in [-0.05, 0) is 45.7 Å². The van der Waals surface area contributed by atoms with Crippen molar-refractivity contribution < 1.29 is 9.59 Å². The summed E-state index contributed by atoms with van der Waals surface area (Å²) in [6.07, 6.45) is 2.78. The average Bonchev–Trinajstić information content (AvgIpc) is 2.60. The van der Waals surface area contributed by atoms with E-state index in [4.69, 9.17) is 5.73 Å². The maximum Gasteiger partial charge on any atom is 0.243 e. The summed E-state index contributed by atoms with van der Waals surface area (Å²) < 4.78 is 0. The molecular weight excluding hydrogens is 360 g/mol. The van der Waals surface area contributed by atoms with Gasteiger partial charge in [0, 0.05) is 17.8 Å². The smallest absolute Gasteiger partial charge is 0.243 e. The van der Waals surface area contributed by atoms with Crippen LogP contribution < -0.4 is 21.7 Å². The first kappa shape index (κ1) is 23.5. The van der Waals surface area contributed by atoms with Crippen molar-refractivity contribution in [2.45, 2.75) is 70.0 Å². The number of benzene rings is 1. The van der Waals surface area contributed by atoms with Gasteiger partial charge >= 0.3 is 0 Å². The molecule has 1 rings (SSSR count). The van der Waals surface area contributed by atoms with Crippen LogP contribution in [0.1, 0.15) is 45.6 Å². The summed E-state index contributed by atoms with van der Waals surface area (Å²) in [7, 11) is 0. The normalized spacial score (nSPS) is 14.4. The monoisotopic (exact) mass is 394 g/mol. The first-order valence-corrected chi connectivity index (χ1v) is 10.1. The zero-order chi connectivity index (χ0) is 20.2. The van der Waals surface area contributed by atoms with Gasteiger partial charge in [0.25, 0.3) is 0 Å². The topological polar surface area (TPSA) is 96.2 Å². The van der Waals surface area contributed by atoms with Crippen LogP contribution in [0.25, 0.3) is 0 Å². The Kier molecular flexibility index (Phi) is 11.1. The Bertz CT molecular complexity index is 566. The Morgan fingerprint density at radius 1 is 1.00 bits per heavy atom. The Balaban J connectivity index is 2.85. The van der Waals surface area contributed by atoms with Crippen molar-refractivity contribution in [3.8, 4) is 0 Å². The van der Waals surface area contributed by atoms with E-state index in [1.807, 2.05) is 51.1 Å². The van der Waals surface area contributed by atoms with E-state index in [2.05, 4.69) is 28.6 Å². The number of unbranched alkanes of at least 4 members (excludes halogenated alkanes) is 1. The van der Waals surface area contributed by atoms with Gasteiger partial charge in [-0.15, -0.1) is 0 Å². The molecule has 152 valence electrons. The molecule has 0 heterocycles. The van der Waals surface area contributed by atoms with E-state index in [9.17, 15) is 9.59 Å². The highest BCUT2D eigenvalue weighted by molar-refractivity contribution is 7.80. The molecule has 0 aliphatic rings. The third kappa shape index (κ3) is 9.79. The number of rotatable bonds is 12. The third-order valence-corrected chi connectivity index (χ3v) is 4.20. The predicted molar refractivity (Wildman–Crippen MR) is 114 cm³/mol. The summed E-state index contributed by atoms with van der Waals surface area (Å²) in [4.78, 5) is 25.5. The van der Waals surface area contributed by atoms with Crippen molar-refractivity contribution in [2.24, 2.45) is 5.73 Å². The predicted octanol–water partition coefficient (Wildman–Crippen LogP) is 1.60. The minimum atomic E-state index is -0.628. The molecule has 0 fully saturated rings. The summed E-state index contributed by atoms with van der Waals surface area (Å²) >= 11 is 4.34. The lowest BCUT2D eigenvalue weighted by atomic mass is 10.0. The maximum absolute atomic E-state index is 12.8. The summed E-state index contributed by atoms with van der Waals surface area (Å²) in [6, 6.07) is 8.65. The second-order valence-electron chi connectivity index (χ2n) is 7.09. The molecule has 0 saturated carbocycles. The molecule has 0 bridgehead atoms. The number of nitrogens with two attached hydrogens (primary N) is 1. The molecule has 1 aromatic rings. The van der Waals surface area contributed by atoms with Gasteiger partial charge in [0.05, 0.1) is 6.04 Å². The number of carbonyl (C=O) groups excluding carboxylic acids is 2. The molecule has 5 N–H and O–H groups in total. The molecule has 6 nitrogen and oxygen atoms in total. The molecule has 0 saturated heterocycles. The molecule has 0 aliphatic carbocycles. The van der Waals surface area contributed by atoms with Crippen LogP contribution in [0.5, 0.6) is 0 Å². The minimum Gasteiger partial charge on any atom is -0.352 e. The standard InChI is InChI=1S/C20H34N4O2S/c1-14(2)22-20(26)18(13-16-9-5-4-6-10-16)24-19(25)17(23-15(3)27)11-7-8-12-21/h4-6,9-10,14-15,17-18,23,27H,7-8,11-13,21H2,1-3H3,(H,22,26)(H,24,25). The van der Waals surface area contributed by atoms with Crippen LogP contribution in [0.4, 0.5) is 0 Å². The molecule has 3 unspecified atom stereocenters. The molecule has 3 atom stereocenters. The largest absolute Gasteiger partial charge is 0.352 e. The molecule has 0 radical (unpaired) electrons. The zero-order valence-corrected chi connectivity index (χ0v) is 17.5. The van der Waals surface area contributed by atoms with Gasteiger partial charge in [-0.25, -0.2) is 0 Å². The van der Waals surface area contributed by atoms with Gasteiger partial charge in [0.2, 0.25) is 11.8 Å². The van der Waals surface area contributed by atoms with Crippen molar-refractivity contribution in [1.82, 2.24) is 16.0 Å². The number of nitrogens with one attached hydrogen (secondary N) is 3. The molecular formula is C20H34N4O2S. The lowest BCUT2D eigenvalue weighted by Gasteiger charge is -2.25. The Hall–Kier alpha value is -1.57.